The second kappa shape index (κ2) is 6.68. The highest BCUT2D eigenvalue weighted by molar-refractivity contribution is 7.99. The average Bonchev–Trinajstić information content (AvgIpc) is 2.54. The summed E-state index contributed by atoms with van der Waals surface area (Å²) in [5.41, 5.74) is 2.20. The van der Waals surface area contributed by atoms with Crippen molar-refractivity contribution >= 4 is 23.4 Å². The average molecular weight is 298 g/mol. The van der Waals surface area contributed by atoms with Gasteiger partial charge < -0.3 is 10.6 Å². The first kappa shape index (κ1) is 14.0. The second-order valence-corrected chi connectivity index (χ2v) is 6.15. The molecule has 3 rings (SSSR count). The molecule has 0 aromatic heterocycles. The maximum Gasteiger partial charge on any atom is 0.239 e. The Hall–Kier alpha value is -1.94. The Morgan fingerprint density at radius 1 is 1.10 bits per heavy atom. The Morgan fingerprint density at radius 3 is 2.71 bits per heavy atom. The summed E-state index contributed by atoms with van der Waals surface area (Å²) in [7, 11) is 0. The summed E-state index contributed by atoms with van der Waals surface area (Å²) < 4.78 is 0. The number of para-hydroxylation sites is 1. The highest BCUT2D eigenvalue weighted by Gasteiger charge is 2.21. The number of carbonyl (C=O) groups is 1. The number of anilines is 1. The number of fused-ring (bicyclic) bond motifs is 1. The zero-order valence-electron chi connectivity index (χ0n) is 11.7. The lowest BCUT2D eigenvalue weighted by atomic mass is 10.0. The molecule has 1 aliphatic rings. The molecule has 0 fully saturated rings. The van der Waals surface area contributed by atoms with Crippen LogP contribution in [0, 0.1) is 0 Å². The molecule has 1 atom stereocenters. The lowest BCUT2D eigenvalue weighted by Gasteiger charge is -2.26. The third-order valence-electron chi connectivity index (χ3n) is 3.52. The third kappa shape index (κ3) is 3.58. The Morgan fingerprint density at radius 2 is 1.86 bits per heavy atom. The van der Waals surface area contributed by atoms with Crippen LogP contribution in [0.25, 0.3) is 0 Å². The molecule has 3 nitrogen and oxygen atoms in total. The number of carbonyl (C=O) groups excluding carboxylic acids is 1. The number of rotatable bonds is 4. The van der Waals surface area contributed by atoms with E-state index >= 15 is 0 Å². The minimum atomic E-state index is 0.0329. The van der Waals surface area contributed by atoms with E-state index in [4.69, 9.17) is 0 Å². The molecule has 2 aromatic rings. The van der Waals surface area contributed by atoms with Crippen molar-refractivity contribution < 1.29 is 4.79 Å². The van der Waals surface area contributed by atoms with Gasteiger partial charge in [-0.25, -0.2) is 0 Å². The number of nitrogens with one attached hydrogen (secondary N) is 2. The highest BCUT2D eigenvalue weighted by atomic mass is 32.2. The summed E-state index contributed by atoms with van der Waals surface area (Å²) in [6.45, 7) is 0.301. The standard InChI is InChI=1S/C17H18N2OS/c20-17(12-18-13-6-2-1-3-7-13)19-15-10-11-21-16-9-5-4-8-14(15)16/h1-9,15,18H,10-12H2,(H,19,20). The van der Waals surface area contributed by atoms with Crippen molar-refractivity contribution in [2.75, 3.05) is 17.6 Å². The molecule has 4 heteroatoms. The van der Waals surface area contributed by atoms with Gasteiger partial charge in [-0.1, -0.05) is 36.4 Å². The Labute approximate surface area is 129 Å². The van der Waals surface area contributed by atoms with Crippen LogP contribution >= 0.6 is 11.8 Å². The maximum atomic E-state index is 12.1. The smallest absolute Gasteiger partial charge is 0.239 e. The molecule has 1 aliphatic heterocycles. The van der Waals surface area contributed by atoms with Crippen molar-refractivity contribution in [1.82, 2.24) is 5.32 Å². The van der Waals surface area contributed by atoms with Gasteiger partial charge in [-0.15, -0.1) is 11.8 Å². The Balaban J connectivity index is 1.58. The molecule has 0 bridgehead atoms. The summed E-state index contributed by atoms with van der Waals surface area (Å²) in [5.74, 6) is 1.08. The van der Waals surface area contributed by atoms with Gasteiger partial charge in [0.25, 0.3) is 0 Å². The van der Waals surface area contributed by atoms with Crippen molar-refractivity contribution in [3.63, 3.8) is 0 Å². The summed E-state index contributed by atoms with van der Waals surface area (Å²) >= 11 is 1.86. The molecule has 1 unspecified atom stereocenters. The minimum absolute atomic E-state index is 0.0329. The molecule has 1 amide bonds. The van der Waals surface area contributed by atoms with Crippen LogP contribution in [0.15, 0.2) is 59.5 Å². The van der Waals surface area contributed by atoms with E-state index in [1.807, 2.05) is 54.2 Å². The van der Waals surface area contributed by atoms with E-state index in [1.54, 1.807) is 0 Å². The van der Waals surface area contributed by atoms with Gasteiger partial charge in [-0.3, -0.25) is 4.79 Å². The minimum Gasteiger partial charge on any atom is -0.376 e. The van der Waals surface area contributed by atoms with E-state index in [0.717, 1.165) is 17.9 Å². The van der Waals surface area contributed by atoms with E-state index in [-0.39, 0.29) is 11.9 Å². The Bertz CT molecular complexity index is 615. The van der Waals surface area contributed by atoms with Gasteiger partial charge in [0.2, 0.25) is 5.91 Å². The quantitative estimate of drug-likeness (QED) is 0.908. The molecule has 0 radical (unpaired) electrons. The van der Waals surface area contributed by atoms with Crippen LogP contribution in [0.4, 0.5) is 5.69 Å². The van der Waals surface area contributed by atoms with Crippen molar-refractivity contribution in [3.05, 3.63) is 60.2 Å². The molecule has 2 N–H and O–H groups in total. The monoisotopic (exact) mass is 298 g/mol. The van der Waals surface area contributed by atoms with Crippen molar-refractivity contribution in [3.8, 4) is 0 Å². The van der Waals surface area contributed by atoms with E-state index in [1.165, 1.54) is 10.5 Å². The number of hydrogen-bond donors (Lipinski definition) is 2. The predicted molar refractivity (Wildman–Crippen MR) is 87.6 cm³/mol. The zero-order valence-corrected chi connectivity index (χ0v) is 12.5. The van der Waals surface area contributed by atoms with Crippen LogP contribution in [0.5, 0.6) is 0 Å². The van der Waals surface area contributed by atoms with Gasteiger partial charge in [0.05, 0.1) is 12.6 Å². The lowest BCUT2D eigenvalue weighted by Crippen LogP contribution is -2.34. The molecule has 0 saturated carbocycles. The predicted octanol–water partition coefficient (Wildman–Crippen LogP) is 3.45. The van der Waals surface area contributed by atoms with Crippen LogP contribution in [0.2, 0.25) is 0 Å². The fourth-order valence-corrected chi connectivity index (χ4v) is 3.60. The summed E-state index contributed by atoms with van der Waals surface area (Å²) in [6, 6.07) is 18.2. The van der Waals surface area contributed by atoms with Crippen LogP contribution in [-0.4, -0.2) is 18.2 Å². The maximum absolute atomic E-state index is 12.1. The van der Waals surface area contributed by atoms with Gasteiger partial charge >= 0.3 is 0 Å². The molecule has 21 heavy (non-hydrogen) atoms. The van der Waals surface area contributed by atoms with Gasteiger partial charge in [0.15, 0.2) is 0 Å². The first-order valence-electron chi connectivity index (χ1n) is 7.13. The largest absolute Gasteiger partial charge is 0.376 e. The zero-order chi connectivity index (χ0) is 14.5. The molecule has 1 heterocycles. The molecular formula is C17H18N2OS. The van der Waals surface area contributed by atoms with E-state index in [2.05, 4.69) is 22.8 Å². The molecule has 108 valence electrons. The Kier molecular flexibility index (Phi) is 4.46. The molecule has 0 aliphatic carbocycles. The van der Waals surface area contributed by atoms with E-state index < -0.39 is 0 Å². The van der Waals surface area contributed by atoms with Gasteiger partial charge in [-0.2, -0.15) is 0 Å². The fraction of sp³-hybridized carbons (Fsp3) is 0.235. The molecule has 2 aromatic carbocycles. The summed E-state index contributed by atoms with van der Waals surface area (Å²) in [6.07, 6.45) is 0.985. The topological polar surface area (TPSA) is 41.1 Å². The van der Waals surface area contributed by atoms with E-state index in [9.17, 15) is 4.79 Å². The lowest BCUT2D eigenvalue weighted by molar-refractivity contribution is -0.120. The van der Waals surface area contributed by atoms with Crippen LogP contribution in [-0.2, 0) is 4.79 Å². The number of hydrogen-bond acceptors (Lipinski definition) is 3. The van der Waals surface area contributed by atoms with Crippen LogP contribution in [0.3, 0.4) is 0 Å². The third-order valence-corrected chi connectivity index (χ3v) is 4.64. The first-order chi connectivity index (χ1) is 10.3. The molecule has 0 spiro atoms. The van der Waals surface area contributed by atoms with E-state index in [0.29, 0.717) is 6.54 Å². The van der Waals surface area contributed by atoms with Gasteiger partial charge in [0.1, 0.15) is 0 Å². The van der Waals surface area contributed by atoms with Crippen LogP contribution in [0.1, 0.15) is 18.0 Å². The first-order valence-corrected chi connectivity index (χ1v) is 8.11. The second-order valence-electron chi connectivity index (χ2n) is 5.01. The van der Waals surface area contributed by atoms with Crippen molar-refractivity contribution in [2.24, 2.45) is 0 Å². The number of thioether (sulfide) groups is 1. The van der Waals surface area contributed by atoms with Crippen molar-refractivity contribution in [2.45, 2.75) is 17.4 Å². The normalized spacial score (nSPS) is 16.9. The van der Waals surface area contributed by atoms with Crippen LogP contribution < -0.4 is 10.6 Å². The van der Waals surface area contributed by atoms with Gasteiger partial charge in [-0.05, 0) is 30.2 Å². The SMILES string of the molecule is O=C(CNc1ccccc1)NC1CCSc2ccccc21. The summed E-state index contributed by atoms with van der Waals surface area (Å²) in [5, 5.41) is 6.27. The highest BCUT2D eigenvalue weighted by Crippen LogP contribution is 2.35. The fourth-order valence-electron chi connectivity index (χ4n) is 2.48. The van der Waals surface area contributed by atoms with Gasteiger partial charge in [0, 0.05) is 16.3 Å². The van der Waals surface area contributed by atoms with Crippen molar-refractivity contribution in [1.29, 1.82) is 0 Å². The summed E-state index contributed by atoms with van der Waals surface area (Å²) in [4.78, 5) is 13.4. The number of amides is 1. The molecule has 0 saturated heterocycles. The molecular weight excluding hydrogens is 280 g/mol. The number of benzene rings is 2.